The van der Waals surface area contributed by atoms with E-state index in [4.69, 9.17) is 14.2 Å². The highest BCUT2D eigenvalue weighted by atomic mass is 16.5. The molecule has 0 fully saturated rings. The second-order valence-electron chi connectivity index (χ2n) is 9.84. The van der Waals surface area contributed by atoms with E-state index >= 15 is 0 Å². The van der Waals surface area contributed by atoms with E-state index in [1.807, 2.05) is 40.7 Å². The summed E-state index contributed by atoms with van der Waals surface area (Å²) >= 11 is 0. The molecular weight excluding hydrogens is 422 g/mol. The standard InChI is InChI=1S/C26H35NO6/c1-14-12-19(27-25(30)31-7)16(3)21(23(24(28)29)33-26(4,5)6)20(14)18-11-15(2)22-17(13-18)9-8-10-32-22/h12-13,15,23H,8-11H2,1-7H3,(H,27,30)(H,28,29). The van der Waals surface area contributed by atoms with Gasteiger partial charge in [-0.05, 0) is 87.8 Å². The van der Waals surface area contributed by atoms with E-state index in [1.165, 1.54) is 12.7 Å². The van der Waals surface area contributed by atoms with Crippen molar-refractivity contribution in [3.63, 3.8) is 0 Å². The molecule has 1 aromatic carbocycles. The van der Waals surface area contributed by atoms with Crippen molar-refractivity contribution >= 4 is 23.3 Å². The summed E-state index contributed by atoms with van der Waals surface area (Å²) in [5.74, 6) is 0.174. The Labute approximate surface area is 195 Å². The lowest BCUT2D eigenvalue weighted by Crippen LogP contribution is -2.29. The number of carbonyl (C=O) groups is 2. The van der Waals surface area contributed by atoms with Crippen LogP contribution in [0.2, 0.25) is 0 Å². The summed E-state index contributed by atoms with van der Waals surface area (Å²) in [5.41, 5.74) is 5.00. The van der Waals surface area contributed by atoms with Crippen molar-refractivity contribution in [2.75, 3.05) is 19.0 Å². The van der Waals surface area contributed by atoms with Gasteiger partial charge in [0.25, 0.3) is 0 Å². The Bertz CT molecular complexity index is 1010. The average molecular weight is 458 g/mol. The Morgan fingerprint density at radius 2 is 1.97 bits per heavy atom. The van der Waals surface area contributed by atoms with E-state index in [1.54, 1.807) is 0 Å². The molecule has 1 aliphatic heterocycles. The summed E-state index contributed by atoms with van der Waals surface area (Å²) in [5, 5.41) is 12.9. The number of benzene rings is 1. The van der Waals surface area contributed by atoms with Crippen LogP contribution in [0, 0.1) is 19.8 Å². The number of nitrogens with one attached hydrogen (secondary N) is 1. The molecule has 1 aromatic rings. The molecule has 180 valence electrons. The van der Waals surface area contributed by atoms with Crippen molar-refractivity contribution in [3.8, 4) is 0 Å². The van der Waals surface area contributed by atoms with Crippen molar-refractivity contribution in [3.05, 3.63) is 45.7 Å². The van der Waals surface area contributed by atoms with Gasteiger partial charge in [0.15, 0.2) is 6.10 Å². The molecule has 1 heterocycles. The molecule has 1 aliphatic carbocycles. The first-order valence-corrected chi connectivity index (χ1v) is 11.4. The third-order valence-electron chi connectivity index (χ3n) is 6.02. The van der Waals surface area contributed by atoms with Crippen molar-refractivity contribution in [2.45, 2.75) is 72.5 Å². The quantitative estimate of drug-likeness (QED) is 0.571. The third kappa shape index (κ3) is 5.41. The fourth-order valence-corrected chi connectivity index (χ4v) is 4.70. The first-order chi connectivity index (χ1) is 15.4. The van der Waals surface area contributed by atoms with Gasteiger partial charge in [-0.25, -0.2) is 9.59 Å². The predicted octanol–water partition coefficient (Wildman–Crippen LogP) is 5.91. The van der Waals surface area contributed by atoms with Crippen LogP contribution >= 0.6 is 0 Å². The molecule has 33 heavy (non-hydrogen) atoms. The molecule has 0 saturated heterocycles. The van der Waals surface area contributed by atoms with Gasteiger partial charge in [-0.3, -0.25) is 5.32 Å². The second kappa shape index (κ2) is 9.59. The number of hydrogen-bond acceptors (Lipinski definition) is 5. The Morgan fingerprint density at radius 3 is 2.58 bits per heavy atom. The van der Waals surface area contributed by atoms with Gasteiger partial charge in [0.1, 0.15) is 5.76 Å². The van der Waals surface area contributed by atoms with E-state index < -0.39 is 23.8 Å². The highest BCUT2D eigenvalue weighted by Gasteiger charge is 2.34. The number of anilines is 1. The van der Waals surface area contributed by atoms with Gasteiger partial charge in [-0.1, -0.05) is 13.0 Å². The van der Waals surface area contributed by atoms with Gasteiger partial charge in [-0.15, -0.1) is 0 Å². The molecule has 2 N–H and O–H groups in total. The van der Waals surface area contributed by atoms with E-state index in [0.29, 0.717) is 16.8 Å². The molecule has 7 nitrogen and oxygen atoms in total. The molecular formula is C26H35NO6. The zero-order chi connectivity index (χ0) is 24.5. The summed E-state index contributed by atoms with van der Waals surface area (Å²) in [6, 6.07) is 1.87. The molecule has 0 bridgehead atoms. The topological polar surface area (TPSA) is 94.1 Å². The highest BCUT2D eigenvalue weighted by Crippen LogP contribution is 2.44. The summed E-state index contributed by atoms with van der Waals surface area (Å²) in [7, 11) is 1.29. The molecule has 3 rings (SSSR count). The average Bonchev–Trinajstić information content (AvgIpc) is 2.73. The van der Waals surface area contributed by atoms with Crippen LogP contribution in [0.3, 0.4) is 0 Å². The number of rotatable bonds is 5. The minimum Gasteiger partial charge on any atom is -0.497 e. The maximum Gasteiger partial charge on any atom is 0.411 e. The van der Waals surface area contributed by atoms with Crippen LogP contribution in [0.25, 0.3) is 5.57 Å². The molecule has 1 amide bonds. The molecule has 0 aromatic heterocycles. The van der Waals surface area contributed by atoms with Crippen LogP contribution in [-0.2, 0) is 19.0 Å². The number of hydrogen-bond donors (Lipinski definition) is 2. The highest BCUT2D eigenvalue weighted by molar-refractivity contribution is 5.90. The first kappa shape index (κ1) is 24.8. The number of carbonyl (C=O) groups excluding carboxylic acids is 1. The molecule has 2 atom stereocenters. The summed E-state index contributed by atoms with van der Waals surface area (Å²) in [6.07, 6.45) is 2.99. The van der Waals surface area contributed by atoms with Gasteiger partial charge in [0.2, 0.25) is 0 Å². The van der Waals surface area contributed by atoms with E-state index in [0.717, 1.165) is 48.3 Å². The zero-order valence-electron chi connectivity index (χ0n) is 20.6. The number of aryl methyl sites for hydroxylation is 1. The lowest BCUT2D eigenvalue weighted by molar-refractivity contribution is -0.160. The maximum absolute atomic E-state index is 12.5. The van der Waals surface area contributed by atoms with Crippen molar-refractivity contribution in [1.82, 2.24) is 0 Å². The maximum atomic E-state index is 12.5. The molecule has 0 saturated carbocycles. The number of ether oxygens (including phenoxy) is 3. The van der Waals surface area contributed by atoms with Crippen molar-refractivity contribution in [2.24, 2.45) is 5.92 Å². The molecule has 0 spiro atoms. The van der Waals surface area contributed by atoms with Crippen LogP contribution < -0.4 is 5.32 Å². The van der Waals surface area contributed by atoms with Gasteiger partial charge >= 0.3 is 12.1 Å². The zero-order valence-corrected chi connectivity index (χ0v) is 20.6. The first-order valence-electron chi connectivity index (χ1n) is 11.4. The number of carboxylic acids is 1. The van der Waals surface area contributed by atoms with Gasteiger partial charge in [0.05, 0.1) is 19.3 Å². The SMILES string of the molecule is COC(=O)Nc1cc(C)c(C2=CC3=C(OCCC3)C(C)C2)c(C(OC(C)(C)C)C(=O)O)c1C. The fraction of sp³-hybridized carbons (Fsp3) is 0.538. The number of amides is 1. The van der Waals surface area contributed by atoms with E-state index in [2.05, 4.69) is 18.3 Å². The van der Waals surface area contributed by atoms with Crippen LogP contribution in [0.4, 0.5) is 10.5 Å². The van der Waals surface area contributed by atoms with Crippen LogP contribution in [0.1, 0.15) is 75.3 Å². The van der Waals surface area contributed by atoms with Crippen molar-refractivity contribution in [1.29, 1.82) is 0 Å². The lowest BCUT2D eigenvalue weighted by Gasteiger charge is -2.33. The number of allylic oxidation sites excluding steroid dienone is 4. The van der Waals surface area contributed by atoms with E-state index in [-0.39, 0.29) is 5.92 Å². The van der Waals surface area contributed by atoms with Gasteiger partial charge in [0, 0.05) is 17.2 Å². The smallest absolute Gasteiger partial charge is 0.411 e. The van der Waals surface area contributed by atoms with Crippen molar-refractivity contribution < 1.29 is 28.9 Å². The Balaban J connectivity index is 2.26. The largest absolute Gasteiger partial charge is 0.497 e. The number of carboxylic acid groups (broad SMARTS) is 1. The second-order valence-corrected chi connectivity index (χ2v) is 9.84. The number of methoxy groups -OCH3 is 1. The van der Waals surface area contributed by atoms with Crippen LogP contribution in [0.15, 0.2) is 23.5 Å². The molecule has 2 unspecified atom stereocenters. The van der Waals surface area contributed by atoms with Crippen LogP contribution in [0.5, 0.6) is 0 Å². The minimum atomic E-state index is -1.20. The molecule has 7 heteroatoms. The monoisotopic (exact) mass is 457 g/mol. The van der Waals surface area contributed by atoms with E-state index in [9.17, 15) is 14.7 Å². The summed E-state index contributed by atoms with van der Waals surface area (Å²) < 4.78 is 16.8. The molecule has 0 radical (unpaired) electrons. The Hall–Kier alpha value is -2.80. The Kier molecular flexibility index (Phi) is 7.22. The van der Waals surface area contributed by atoms with Crippen LogP contribution in [-0.4, -0.2) is 36.5 Å². The van der Waals surface area contributed by atoms with Gasteiger partial charge < -0.3 is 19.3 Å². The summed E-state index contributed by atoms with van der Waals surface area (Å²) in [6.45, 7) is 12.1. The Morgan fingerprint density at radius 1 is 1.27 bits per heavy atom. The van der Waals surface area contributed by atoms with Gasteiger partial charge in [-0.2, -0.15) is 0 Å². The lowest BCUT2D eigenvalue weighted by atomic mass is 9.79. The minimum absolute atomic E-state index is 0.201. The predicted molar refractivity (Wildman–Crippen MR) is 127 cm³/mol. The summed E-state index contributed by atoms with van der Waals surface area (Å²) in [4.78, 5) is 24.4. The fourth-order valence-electron chi connectivity index (χ4n) is 4.70. The molecule has 2 aliphatic rings. The normalized spacial score (nSPS) is 19.2. The number of aliphatic carboxylic acids is 1. The third-order valence-corrected chi connectivity index (χ3v) is 6.02.